The van der Waals surface area contributed by atoms with Gasteiger partial charge in [0.1, 0.15) is 11.6 Å². The molecule has 0 saturated heterocycles. The van der Waals surface area contributed by atoms with Crippen LogP contribution in [0.4, 0.5) is 5.82 Å². The van der Waals surface area contributed by atoms with Gasteiger partial charge in [0.25, 0.3) is 5.91 Å². The molecule has 2 fully saturated rings. The van der Waals surface area contributed by atoms with Crippen LogP contribution in [0.15, 0.2) is 6.20 Å². The van der Waals surface area contributed by atoms with Gasteiger partial charge >= 0.3 is 0 Å². The molecule has 4 N–H and O–H groups in total. The number of aliphatic hydroxyl groups is 1. The fourth-order valence-electron chi connectivity index (χ4n) is 4.09. The minimum atomic E-state index is -0.552. The molecule has 1 amide bonds. The second-order valence-corrected chi connectivity index (χ2v) is 7.46. The molecule has 0 unspecified atom stereocenters. The van der Waals surface area contributed by atoms with E-state index in [1.165, 1.54) is 6.20 Å². The molecule has 2 saturated carbocycles. The number of nitrogens with zero attached hydrogens (tertiary/aromatic N) is 2. The highest BCUT2D eigenvalue weighted by Gasteiger charge is 2.27. The van der Waals surface area contributed by atoms with Crippen LogP contribution < -0.4 is 11.1 Å². The number of hydrogen-bond donors (Lipinski definition) is 3. The number of carbonyl (C=O) groups excluding carboxylic acids is 1. The van der Waals surface area contributed by atoms with Crippen LogP contribution in [0, 0.1) is 5.92 Å². The number of carbonyl (C=O) groups is 1. The van der Waals surface area contributed by atoms with E-state index in [1.807, 2.05) is 6.92 Å². The summed E-state index contributed by atoms with van der Waals surface area (Å²) in [5, 5.41) is 13.3. The number of rotatable bonds is 7. The third-order valence-electron chi connectivity index (χ3n) is 5.57. The van der Waals surface area contributed by atoms with Crippen LogP contribution in [0.5, 0.6) is 0 Å². The van der Waals surface area contributed by atoms with E-state index in [2.05, 4.69) is 15.3 Å². The fourth-order valence-corrected chi connectivity index (χ4v) is 4.09. The molecule has 144 valence electrons. The van der Waals surface area contributed by atoms with Gasteiger partial charge in [0.05, 0.1) is 23.8 Å². The first kappa shape index (κ1) is 19.0. The first-order chi connectivity index (χ1) is 12.6. The molecule has 1 aromatic heterocycles. The van der Waals surface area contributed by atoms with Crippen molar-refractivity contribution in [2.75, 3.05) is 11.9 Å². The van der Waals surface area contributed by atoms with Gasteiger partial charge in [-0.05, 0) is 57.8 Å². The maximum atomic E-state index is 11.7. The summed E-state index contributed by atoms with van der Waals surface area (Å²) in [6, 6.07) is -0.0857. The van der Waals surface area contributed by atoms with Crippen LogP contribution in [0.2, 0.25) is 0 Å². The van der Waals surface area contributed by atoms with Crippen molar-refractivity contribution in [3.63, 3.8) is 0 Å². The Bertz CT molecular complexity index is 617. The van der Waals surface area contributed by atoms with Crippen molar-refractivity contribution < 1.29 is 14.6 Å². The molecule has 0 radical (unpaired) electrons. The average molecular weight is 362 g/mol. The largest absolute Gasteiger partial charge is 0.391 e. The van der Waals surface area contributed by atoms with Gasteiger partial charge in [-0.25, -0.2) is 9.97 Å². The topological polar surface area (TPSA) is 110 Å². The van der Waals surface area contributed by atoms with Crippen LogP contribution in [0.25, 0.3) is 0 Å². The summed E-state index contributed by atoms with van der Waals surface area (Å²) in [5.41, 5.74) is 5.75. The van der Waals surface area contributed by atoms with E-state index >= 15 is 0 Å². The standard InChI is InChI=1S/C19H30N4O3/c1-2-26-13-8-6-12(7-9-13)10-17-21-11-14(18(20)25)19(23-17)22-15-4-3-5-16(15)24/h11-13,15-16,24H,2-10H2,1H3,(H2,20,25)(H,21,22,23)/t12?,13?,15-,16-/m0/s1. The van der Waals surface area contributed by atoms with E-state index in [0.29, 0.717) is 17.8 Å². The summed E-state index contributed by atoms with van der Waals surface area (Å²) in [6.07, 6.45) is 9.24. The van der Waals surface area contributed by atoms with E-state index < -0.39 is 12.0 Å². The summed E-state index contributed by atoms with van der Waals surface area (Å²) in [5.74, 6) is 1.17. The Morgan fingerprint density at radius 3 is 2.69 bits per heavy atom. The van der Waals surface area contributed by atoms with Crippen molar-refractivity contribution in [2.45, 2.75) is 76.5 Å². The molecule has 0 bridgehead atoms. The summed E-state index contributed by atoms with van der Waals surface area (Å²) < 4.78 is 5.71. The summed E-state index contributed by atoms with van der Waals surface area (Å²) in [6.45, 7) is 2.81. The number of primary amides is 1. The van der Waals surface area contributed by atoms with Crippen molar-refractivity contribution in [3.05, 3.63) is 17.6 Å². The Morgan fingerprint density at radius 2 is 2.08 bits per heavy atom. The molecule has 2 atom stereocenters. The van der Waals surface area contributed by atoms with Crippen LogP contribution in [0.1, 0.15) is 68.1 Å². The maximum Gasteiger partial charge on any atom is 0.254 e. The molecule has 7 heteroatoms. The number of aliphatic hydroxyl groups excluding tert-OH is 1. The summed E-state index contributed by atoms with van der Waals surface area (Å²) in [4.78, 5) is 20.6. The third-order valence-corrected chi connectivity index (χ3v) is 5.57. The Hall–Kier alpha value is -1.73. The van der Waals surface area contributed by atoms with Crippen LogP contribution in [-0.2, 0) is 11.2 Å². The zero-order valence-corrected chi connectivity index (χ0v) is 15.5. The predicted molar refractivity (Wildman–Crippen MR) is 98.9 cm³/mol. The second-order valence-electron chi connectivity index (χ2n) is 7.46. The number of anilines is 1. The second kappa shape index (κ2) is 8.77. The van der Waals surface area contributed by atoms with E-state index in [4.69, 9.17) is 10.5 Å². The third kappa shape index (κ3) is 4.71. The lowest BCUT2D eigenvalue weighted by Gasteiger charge is -2.28. The van der Waals surface area contributed by atoms with Gasteiger partial charge in [-0.1, -0.05) is 0 Å². The van der Waals surface area contributed by atoms with Crippen molar-refractivity contribution >= 4 is 11.7 Å². The number of nitrogens with one attached hydrogen (secondary N) is 1. The molecule has 26 heavy (non-hydrogen) atoms. The number of nitrogens with two attached hydrogens (primary N) is 1. The van der Waals surface area contributed by atoms with Gasteiger partial charge in [-0.2, -0.15) is 0 Å². The normalized spacial score (nSPS) is 28.8. The van der Waals surface area contributed by atoms with Crippen LogP contribution in [-0.4, -0.2) is 45.8 Å². The van der Waals surface area contributed by atoms with E-state index in [-0.39, 0.29) is 11.6 Å². The molecular weight excluding hydrogens is 332 g/mol. The lowest BCUT2D eigenvalue weighted by molar-refractivity contribution is 0.0255. The van der Waals surface area contributed by atoms with Gasteiger partial charge < -0.3 is 20.9 Å². The average Bonchev–Trinajstić information content (AvgIpc) is 3.02. The molecule has 7 nitrogen and oxygen atoms in total. The zero-order chi connectivity index (χ0) is 18.5. The lowest BCUT2D eigenvalue weighted by atomic mass is 9.85. The minimum absolute atomic E-state index is 0.0857. The predicted octanol–water partition coefficient (Wildman–Crippen LogP) is 2.04. The van der Waals surface area contributed by atoms with Gasteiger partial charge in [0.15, 0.2) is 0 Å². The number of hydrogen-bond acceptors (Lipinski definition) is 6. The molecule has 3 rings (SSSR count). The Labute approximate surface area is 154 Å². The Kier molecular flexibility index (Phi) is 6.43. The van der Waals surface area contributed by atoms with Crippen molar-refractivity contribution in [3.8, 4) is 0 Å². The Morgan fingerprint density at radius 1 is 1.31 bits per heavy atom. The van der Waals surface area contributed by atoms with Crippen molar-refractivity contribution in [1.82, 2.24) is 9.97 Å². The molecule has 0 aromatic carbocycles. The Balaban J connectivity index is 1.66. The van der Waals surface area contributed by atoms with Crippen molar-refractivity contribution in [2.24, 2.45) is 11.7 Å². The number of ether oxygens (including phenoxy) is 1. The monoisotopic (exact) mass is 362 g/mol. The number of aromatic nitrogens is 2. The molecule has 2 aliphatic carbocycles. The van der Waals surface area contributed by atoms with Crippen LogP contribution in [0.3, 0.4) is 0 Å². The fraction of sp³-hybridized carbons (Fsp3) is 0.737. The highest BCUT2D eigenvalue weighted by atomic mass is 16.5. The van der Waals surface area contributed by atoms with Gasteiger partial charge in [0, 0.05) is 19.2 Å². The van der Waals surface area contributed by atoms with Crippen LogP contribution >= 0.6 is 0 Å². The van der Waals surface area contributed by atoms with Crippen molar-refractivity contribution in [1.29, 1.82) is 0 Å². The molecule has 2 aliphatic rings. The molecular formula is C19H30N4O3. The first-order valence-corrected chi connectivity index (χ1v) is 9.78. The SMILES string of the molecule is CCOC1CCC(Cc2ncc(C(N)=O)c(N[C@H]3CCC[C@@H]3O)n2)CC1. The number of amides is 1. The zero-order valence-electron chi connectivity index (χ0n) is 15.5. The minimum Gasteiger partial charge on any atom is -0.391 e. The van der Waals surface area contributed by atoms with Gasteiger partial charge in [-0.15, -0.1) is 0 Å². The molecule has 1 heterocycles. The highest BCUT2D eigenvalue weighted by Crippen LogP contribution is 2.29. The lowest BCUT2D eigenvalue weighted by Crippen LogP contribution is -2.30. The summed E-state index contributed by atoms with van der Waals surface area (Å²) in [7, 11) is 0. The van der Waals surface area contributed by atoms with E-state index in [1.54, 1.807) is 0 Å². The van der Waals surface area contributed by atoms with Gasteiger partial charge in [-0.3, -0.25) is 4.79 Å². The summed E-state index contributed by atoms with van der Waals surface area (Å²) >= 11 is 0. The van der Waals surface area contributed by atoms with E-state index in [9.17, 15) is 9.90 Å². The maximum absolute atomic E-state index is 11.7. The highest BCUT2D eigenvalue weighted by molar-refractivity contribution is 5.97. The quantitative estimate of drug-likeness (QED) is 0.684. The van der Waals surface area contributed by atoms with E-state index in [0.717, 1.165) is 63.8 Å². The van der Waals surface area contributed by atoms with Gasteiger partial charge in [0.2, 0.25) is 0 Å². The molecule has 0 spiro atoms. The molecule has 1 aromatic rings. The molecule has 0 aliphatic heterocycles. The first-order valence-electron chi connectivity index (χ1n) is 9.78. The smallest absolute Gasteiger partial charge is 0.254 e.